The van der Waals surface area contributed by atoms with Gasteiger partial charge in [0.25, 0.3) is 0 Å². The number of nitrogens with one attached hydrogen (secondary N) is 1. The molecule has 1 aromatic heterocycles. The van der Waals surface area contributed by atoms with Crippen LogP contribution >= 0.6 is 0 Å². The molecule has 3 aliphatic rings. The van der Waals surface area contributed by atoms with Crippen molar-refractivity contribution in [3.8, 4) is 0 Å². The molecule has 1 unspecified atom stereocenters. The van der Waals surface area contributed by atoms with Gasteiger partial charge in [0.1, 0.15) is 0 Å². The minimum absolute atomic E-state index is 0.0714. The summed E-state index contributed by atoms with van der Waals surface area (Å²) < 4.78 is 5.32. The summed E-state index contributed by atoms with van der Waals surface area (Å²) in [5, 5.41) is 7.24. The second-order valence-corrected chi connectivity index (χ2v) is 7.06. The van der Waals surface area contributed by atoms with E-state index in [9.17, 15) is 4.79 Å². The summed E-state index contributed by atoms with van der Waals surface area (Å²) >= 11 is 0. The highest BCUT2D eigenvalue weighted by Crippen LogP contribution is 2.38. The molecule has 2 aliphatic carbocycles. The van der Waals surface area contributed by atoms with Crippen LogP contribution in [0, 0.1) is 0 Å². The molecule has 0 radical (unpaired) electrons. The van der Waals surface area contributed by atoms with E-state index in [-0.39, 0.29) is 11.9 Å². The Kier molecular flexibility index (Phi) is 4.16. The van der Waals surface area contributed by atoms with Crippen LogP contribution in [0.25, 0.3) is 0 Å². The van der Waals surface area contributed by atoms with Gasteiger partial charge < -0.3 is 9.84 Å². The van der Waals surface area contributed by atoms with Crippen molar-refractivity contribution in [3.05, 3.63) is 23.4 Å². The lowest BCUT2D eigenvalue weighted by molar-refractivity contribution is -0.117. The van der Waals surface area contributed by atoms with E-state index in [1.54, 1.807) is 6.08 Å². The molecular weight excluding hydrogens is 292 g/mol. The molecule has 0 spiro atoms. The Balaban J connectivity index is 1.28. The molecule has 1 atom stereocenters. The Labute approximate surface area is 136 Å². The zero-order valence-electron chi connectivity index (χ0n) is 13.5. The summed E-state index contributed by atoms with van der Waals surface area (Å²) in [4.78, 5) is 18.8. The second-order valence-electron chi connectivity index (χ2n) is 7.06. The van der Waals surface area contributed by atoms with Crippen molar-refractivity contribution in [3.63, 3.8) is 0 Å². The summed E-state index contributed by atoms with van der Waals surface area (Å²) in [6.07, 6.45) is 9.69. The van der Waals surface area contributed by atoms with E-state index in [1.807, 2.05) is 0 Å². The molecule has 1 aromatic rings. The molecule has 2 heterocycles. The Morgan fingerprint density at radius 3 is 2.91 bits per heavy atom. The smallest absolute Gasteiger partial charge is 0.244 e. The first kappa shape index (κ1) is 14.9. The molecule has 23 heavy (non-hydrogen) atoms. The minimum atomic E-state index is 0.0714. The van der Waals surface area contributed by atoms with Crippen LogP contribution in [0.2, 0.25) is 0 Å². The maximum absolute atomic E-state index is 12.0. The predicted molar refractivity (Wildman–Crippen MR) is 84.6 cm³/mol. The number of allylic oxidation sites excluding steroid dienone is 1. The molecule has 4 rings (SSSR count). The Morgan fingerprint density at radius 2 is 2.17 bits per heavy atom. The average Bonchev–Trinajstić information content (AvgIpc) is 3.24. The lowest BCUT2D eigenvalue weighted by Crippen LogP contribution is -2.47. The van der Waals surface area contributed by atoms with Crippen LogP contribution in [-0.4, -0.2) is 40.1 Å². The molecule has 3 fully saturated rings. The highest BCUT2D eigenvalue weighted by molar-refractivity contribution is 5.88. The zero-order valence-corrected chi connectivity index (χ0v) is 13.5. The molecule has 1 aliphatic heterocycles. The largest absolute Gasteiger partial charge is 0.349 e. The summed E-state index contributed by atoms with van der Waals surface area (Å²) in [6.45, 7) is 2.60. The lowest BCUT2D eigenvalue weighted by Gasteiger charge is -2.32. The standard InChI is InChI=1S/C17H24N4O2/c22-16(9-12-3-1-4-12)18-14-5-2-8-21(10-14)11-15-19-17(23-20-15)13-6-7-13/h9,13-14H,1-8,10-11H2,(H,18,22). The topological polar surface area (TPSA) is 71.3 Å². The molecule has 1 amide bonds. The third kappa shape index (κ3) is 3.80. The molecule has 0 bridgehead atoms. The van der Waals surface area contributed by atoms with Crippen LogP contribution in [0.5, 0.6) is 0 Å². The van der Waals surface area contributed by atoms with Crippen LogP contribution in [0.3, 0.4) is 0 Å². The van der Waals surface area contributed by atoms with Gasteiger partial charge in [0.15, 0.2) is 5.82 Å². The Bertz CT molecular complexity index is 599. The third-order valence-corrected chi connectivity index (χ3v) is 4.96. The van der Waals surface area contributed by atoms with E-state index in [4.69, 9.17) is 4.52 Å². The summed E-state index contributed by atoms with van der Waals surface area (Å²) in [6, 6.07) is 0.225. The number of aromatic nitrogens is 2. The molecule has 6 heteroatoms. The van der Waals surface area contributed by atoms with Crippen LogP contribution in [0.1, 0.15) is 62.6 Å². The fourth-order valence-electron chi connectivity index (χ4n) is 3.30. The Hall–Kier alpha value is -1.69. The van der Waals surface area contributed by atoms with E-state index in [1.165, 1.54) is 24.8 Å². The van der Waals surface area contributed by atoms with Crippen molar-refractivity contribution >= 4 is 5.91 Å². The van der Waals surface area contributed by atoms with Crippen LogP contribution in [0.15, 0.2) is 16.2 Å². The summed E-state index contributed by atoms with van der Waals surface area (Å²) in [5.74, 6) is 2.15. The van der Waals surface area contributed by atoms with Crippen molar-refractivity contribution in [2.24, 2.45) is 0 Å². The third-order valence-electron chi connectivity index (χ3n) is 4.96. The van der Waals surface area contributed by atoms with E-state index >= 15 is 0 Å². The Morgan fingerprint density at radius 1 is 1.30 bits per heavy atom. The van der Waals surface area contributed by atoms with Crippen molar-refractivity contribution in [1.29, 1.82) is 0 Å². The molecule has 0 aromatic carbocycles. The minimum Gasteiger partial charge on any atom is -0.349 e. The van der Waals surface area contributed by atoms with Gasteiger partial charge in [-0.05, 0) is 51.5 Å². The van der Waals surface area contributed by atoms with Gasteiger partial charge in [-0.1, -0.05) is 10.7 Å². The van der Waals surface area contributed by atoms with Gasteiger partial charge in [0, 0.05) is 24.6 Å². The second kappa shape index (κ2) is 6.43. The highest BCUT2D eigenvalue weighted by Gasteiger charge is 2.30. The molecule has 6 nitrogen and oxygen atoms in total. The zero-order chi connectivity index (χ0) is 15.6. The van der Waals surface area contributed by atoms with E-state index < -0.39 is 0 Å². The monoisotopic (exact) mass is 316 g/mol. The van der Waals surface area contributed by atoms with Crippen molar-refractivity contribution in [2.45, 2.75) is 63.5 Å². The van der Waals surface area contributed by atoms with Gasteiger partial charge in [-0.15, -0.1) is 0 Å². The van der Waals surface area contributed by atoms with Gasteiger partial charge >= 0.3 is 0 Å². The summed E-state index contributed by atoms with van der Waals surface area (Å²) in [7, 11) is 0. The number of carbonyl (C=O) groups excluding carboxylic acids is 1. The van der Waals surface area contributed by atoms with Gasteiger partial charge in [0.05, 0.1) is 6.54 Å². The normalized spacial score (nSPS) is 25.0. The van der Waals surface area contributed by atoms with Gasteiger partial charge in [-0.2, -0.15) is 4.98 Å². The number of rotatable bonds is 5. The summed E-state index contributed by atoms with van der Waals surface area (Å²) in [5.41, 5.74) is 1.29. The van der Waals surface area contributed by atoms with E-state index in [0.29, 0.717) is 12.5 Å². The van der Waals surface area contributed by atoms with Crippen LogP contribution in [-0.2, 0) is 11.3 Å². The lowest BCUT2D eigenvalue weighted by atomic mass is 9.92. The molecule has 2 saturated carbocycles. The van der Waals surface area contributed by atoms with Crippen molar-refractivity contribution in [2.75, 3.05) is 13.1 Å². The SMILES string of the molecule is O=C(C=C1CCC1)NC1CCCN(Cc2noc(C3CC3)n2)C1. The maximum Gasteiger partial charge on any atom is 0.244 e. The van der Waals surface area contributed by atoms with Crippen LogP contribution < -0.4 is 5.32 Å². The average molecular weight is 316 g/mol. The number of amides is 1. The van der Waals surface area contributed by atoms with Crippen molar-refractivity contribution < 1.29 is 9.32 Å². The fraction of sp³-hybridized carbons (Fsp3) is 0.706. The molecule has 124 valence electrons. The first-order valence-electron chi connectivity index (χ1n) is 8.81. The van der Waals surface area contributed by atoms with E-state index in [0.717, 1.165) is 50.5 Å². The number of nitrogens with zero attached hydrogens (tertiary/aromatic N) is 3. The number of likely N-dealkylation sites (tertiary alicyclic amines) is 1. The molecule has 1 saturated heterocycles. The fourth-order valence-corrected chi connectivity index (χ4v) is 3.30. The number of carbonyl (C=O) groups is 1. The van der Waals surface area contributed by atoms with Crippen molar-refractivity contribution in [1.82, 2.24) is 20.4 Å². The van der Waals surface area contributed by atoms with Gasteiger partial charge in [-0.3, -0.25) is 9.69 Å². The van der Waals surface area contributed by atoms with Gasteiger partial charge in [-0.25, -0.2) is 0 Å². The number of piperidine rings is 1. The number of hydrogen-bond donors (Lipinski definition) is 1. The quantitative estimate of drug-likeness (QED) is 0.843. The molecular formula is C17H24N4O2. The van der Waals surface area contributed by atoms with Gasteiger partial charge in [0.2, 0.25) is 11.8 Å². The van der Waals surface area contributed by atoms with Crippen LogP contribution in [0.4, 0.5) is 0 Å². The number of hydrogen-bond acceptors (Lipinski definition) is 5. The first-order chi connectivity index (χ1) is 11.3. The predicted octanol–water partition coefficient (Wildman–Crippen LogP) is 2.14. The highest BCUT2D eigenvalue weighted by atomic mass is 16.5. The van der Waals surface area contributed by atoms with E-state index in [2.05, 4.69) is 20.4 Å². The maximum atomic E-state index is 12.0. The molecule has 1 N–H and O–H groups in total. The first-order valence-corrected chi connectivity index (χ1v) is 8.81.